The van der Waals surface area contributed by atoms with Gasteiger partial charge in [-0.25, -0.2) is 4.79 Å². The average Bonchev–Trinajstić information content (AvgIpc) is 2.34. The molecule has 0 atom stereocenters. The molecule has 110 valence electrons. The number of halogens is 1. The van der Waals surface area contributed by atoms with E-state index in [2.05, 4.69) is 10.1 Å². The van der Waals surface area contributed by atoms with Gasteiger partial charge in [0.05, 0.1) is 17.6 Å². The summed E-state index contributed by atoms with van der Waals surface area (Å²) in [4.78, 5) is 20.8. The Morgan fingerprint density at radius 2 is 2.05 bits per heavy atom. The molecule has 0 spiro atoms. The lowest BCUT2D eigenvalue weighted by Gasteiger charge is -2.09. The van der Waals surface area contributed by atoms with Crippen molar-refractivity contribution >= 4 is 17.3 Å². The van der Waals surface area contributed by atoms with Crippen molar-refractivity contribution in [1.29, 1.82) is 0 Å². The highest BCUT2D eigenvalue weighted by molar-refractivity contribution is 5.91. The molecule has 1 aromatic rings. The van der Waals surface area contributed by atoms with E-state index in [0.29, 0.717) is 0 Å². The molecule has 1 aliphatic rings. The summed E-state index contributed by atoms with van der Waals surface area (Å²) in [7, 11) is 2.53. The summed E-state index contributed by atoms with van der Waals surface area (Å²) < 4.78 is 22.5. The third kappa shape index (κ3) is 3.89. The fourth-order valence-electron chi connectivity index (χ4n) is 1.36. The summed E-state index contributed by atoms with van der Waals surface area (Å²) in [5.41, 5.74) is -0.865. The van der Waals surface area contributed by atoms with Crippen molar-refractivity contribution in [1.82, 2.24) is 0 Å². The largest absolute Gasteiger partial charge is 0.465 e. The zero-order chi connectivity index (χ0) is 15.1. The number of carbonyl (C=O) groups excluding carboxylic acids is 1. The Balaban J connectivity index is 0.000000425. The third-order valence-corrected chi connectivity index (χ3v) is 2.51. The second-order valence-corrected chi connectivity index (χ2v) is 3.82. The second-order valence-electron chi connectivity index (χ2n) is 3.82. The van der Waals surface area contributed by atoms with E-state index >= 15 is 0 Å². The van der Waals surface area contributed by atoms with Gasteiger partial charge in [0.2, 0.25) is 5.82 Å². The number of carbonyl (C=O) groups is 1. The number of nitro benzene ring substituents is 1. The van der Waals surface area contributed by atoms with Crippen molar-refractivity contribution in [3.8, 4) is 0 Å². The van der Waals surface area contributed by atoms with Gasteiger partial charge in [0.15, 0.2) is 0 Å². The number of anilines is 1. The Kier molecular flexibility index (Phi) is 5.85. The molecule has 1 saturated heterocycles. The minimum absolute atomic E-state index is 0.0783. The lowest BCUT2D eigenvalue weighted by atomic mass is 10.1. The second kappa shape index (κ2) is 7.39. The molecule has 1 aliphatic heterocycles. The summed E-state index contributed by atoms with van der Waals surface area (Å²) >= 11 is 0. The molecule has 7 nitrogen and oxygen atoms in total. The number of nitrogens with one attached hydrogen (secondary N) is 1. The normalized spacial score (nSPS) is 12.6. The minimum Gasteiger partial charge on any atom is -0.465 e. The van der Waals surface area contributed by atoms with Gasteiger partial charge in [-0.3, -0.25) is 10.1 Å². The number of methoxy groups -OCH3 is 1. The first-order valence-corrected chi connectivity index (χ1v) is 5.83. The van der Waals surface area contributed by atoms with Gasteiger partial charge in [-0.05, 0) is 18.6 Å². The van der Waals surface area contributed by atoms with Crippen LogP contribution in [0.15, 0.2) is 12.1 Å². The number of nitrogens with zero attached hydrogens (tertiary/aromatic N) is 1. The topological polar surface area (TPSA) is 90.7 Å². The number of benzene rings is 1. The van der Waals surface area contributed by atoms with E-state index in [1.54, 1.807) is 0 Å². The average molecular weight is 286 g/mol. The zero-order valence-electron chi connectivity index (χ0n) is 11.1. The van der Waals surface area contributed by atoms with Crippen LogP contribution in [0.25, 0.3) is 0 Å². The lowest BCUT2D eigenvalue weighted by molar-refractivity contribution is -0.386. The predicted octanol–water partition coefficient (Wildman–Crippen LogP) is 1.97. The van der Waals surface area contributed by atoms with Gasteiger partial charge in [0, 0.05) is 20.3 Å². The zero-order valence-corrected chi connectivity index (χ0v) is 11.1. The highest BCUT2D eigenvalue weighted by atomic mass is 19.1. The van der Waals surface area contributed by atoms with Crippen LogP contribution in [-0.2, 0) is 9.47 Å². The molecule has 0 radical (unpaired) electrons. The van der Waals surface area contributed by atoms with Gasteiger partial charge in [-0.2, -0.15) is 4.39 Å². The van der Waals surface area contributed by atoms with Gasteiger partial charge < -0.3 is 14.8 Å². The molecule has 0 saturated carbocycles. The molecule has 1 heterocycles. The number of hydrogen-bond donors (Lipinski definition) is 1. The monoisotopic (exact) mass is 286 g/mol. The van der Waals surface area contributed by atoms with Gasteiger partial charge in [-0.15, -0.1) is 0 Å². The molecule has 8 heteroatoms. The molecular weight excluding hydrogens is 271 g/mol. The van der Waals surface area contributed by atoms with Crippen molar-refractivity contribution in [2.45, 2.75) is 6.42 Å². The SMILES string of the molecule is C1COC1.CNc1cc(C(=O)OC)cc(F)c1[N+](=O)[O-]. The Morgan fingerprint density at radius 1 is 1.50 bits per heavy atom. The fraction of sp³-hybridized carbons (Fsp3) is 0.417. The number of esters is 1. The van der Waals surface area contributed by atoms with E-state index in [9.17, 15) is 19.3 Å². The highest BCUT2D eigenvalue weighted by Crippen LogP contribution is 2.29. The van der Waals surface area contributed by atoms with Gasteiger partial charge >= 0.3 is 11.7 Å². The van der Waals surface area contributed by atoms with E-state index in [0.717, 1.165) is 32.5 Å². The van der Waals surface area contributed by atoms with E-state index < -0.39 is 22.4 Å². The molecular formula is C12H15FN2O5. The first kappa shape index (κ1) is 15.8. The van der Waals surface area contributed by atoms with Crippen LogP contribution in [0.2, 0.25) is 0 Å². The van der Waals surface area contributed by atoms with Crippen LogP contribution in [0.4, 0.5) is 15.8 Å². The molecule has 0 amide bonds. The van der Waals surface area contributed by atoms with Gasteiger partial charge in [-0.1, -0.05) is 0 Å². The molecule has 0 bridgehead atoms. The number of rotatable bonds is 3. The fourth-order valence-corrected chi connectivity index (χ4v) is 1.36. The van der Waals surface area contributed by atoms with Crippen molar-refractivity contribution < 1.29 is 23.6 Å². The maximum atomic E-state index is 13.4. The summed E-state index contributed by atoms with van der Waals surface area (Å²) in [5, 5.41) is 13.0. The molecule has 0 aromatic heterocycles. The van der Waals surface area contributed by atoms with Crippen molar-refractivity contribution in [3.05, 3.63) is 33.6 Å². The van der Waals surface area contributed by atoms with Crippen LogP contribution >= 0.6 is 0 Å². The van der Waals surface area contributed by atoms with Crippen LogP contribution in [0.1, 0.15) is 16.8 Å². The summed E-state index contributed by atoms with van der Waals surface area (Å²) in [6.07, 6.45) is 1.28. The van der Waals surface area contributed by atoms with Crippen LogP contribution in [0, 0.1) is 15.9 Å². The molecule has 1 fully saturated rings. The van der Waals surface area contributed by atoms with Crippen LogP contribution in [0.5, 0.6) is 0 Å². The molecule has 1 N–H and O–H groups in total. The summed E-state index contributed by atoms with van der Waals surface area (Å²) in [6, 6.07) is 1.93. The van der Waals surface area contributed by atoms with Crippen LogP contribution < -0.4 is 5.32 Å². The van der Waals surface area contributed by atoms with Crippen LogP contribution in [-0.4, -0.2) is 38.3 Å². The van der Waals surface area contributed by atoms with Crippen LogP contribution in [0.3, 0.4) is 0 Å². The van der Waals surface area contributed by atoms with Crippen molar-refractivity contribution in [2.75, 3.05) is 32.7 Å². The molecule has 0 unspecified atom stereocenters. The van der Waals surface area contributed by atoms with E-state index in [4.69, 9.17) is 4.74 Å². The van der Waals surface area contributed by atoms with E-state index in [1.807, 2.05) is 0 Å². The molecule has 20 heavy (non-hydrogen) atoms. The highest BCUT2D eigenvalue weighted by Gasteiger charge is 2.23. The van der Waals surface area contributed by atoms with Crippen molar-refractivity contribution in [3.63, 3.8) is 0 Å². The number of nitro groups is 1. The third-order valence-electron chi connectivity index (χ3n) is 2.51. The Labute approximate surface area is 114 Å². The minimum atomic E-state index is -1.09. The predicted molar refractivity (Wildman–Crippen MR) is 69.4 cm³/mol. The van der Waals surface area contributed by atoms with Gasteiger partial charge in [0.1, 0.15) is 5.69 Å². The maximum absolute atomic E-state index is 13.4. The molecule has 2 rings (SSSR count). The standard InChI is InChI=1S/C9H9FN2O4.C3H6O/c1-11-7-4-5(9(13)16-2)3-6(10)8(7)12(14)15;1-2-4-3-1/h3-4,11H,1-2H3;1-3H2. The maximum Gasteiger partial charge on any atom is 0.338 e. The first-order valence-electron chi connectivity index (χ1n) is 5.83. The molecule has 1 aromatic carbocycles. The lowest BCUT2D eigenvalue weighted by Crippen LogP contribution is -2.09. The van der Waals surface area contributed by atoms with Crippen molar-refractivity contribution in [2.24, 2.45) is 0 Å². The molecule has 0 aliphatic carbocycles. The Morgan fingerprint density at radius 3 is 2.40 bits per heavy atom. The van der Waals surface area contributed by atoms with E-state index in [1.165, 1.54) is 13.5 Å². The van der Waals surface area contributed by atoms with Gasteiger partial charge in [0.25, 0.3) is 0 Å². The summed E-state index contributed by atoms with van der Waals surface area (Å²) in [6.45, 7) is 2.00. The Hall–Kier alpha value is -2.22. The summed E-state index contributed by atoms with van der Waals surface area (Å²) in [5.74, 6) is -1.84. The van der Waals surface area contributed by atoms with E-state index in [-0.39, 0.29) is 11.3 Å². The number of ether oxygens (including phenoxy) is 2. The quantitative estimate of drug-likeness (QED) is 0.519. The first-order chi connectivity index (χ1) is 9.51. The smallest absolute Gasteiger partial charge is 0.338 e. The Bertz CT molecular complexity index is 499. The number of hydrogen-bond acceptors (Lipinski definition) is 6.